The van der Waals surface area contributed by atoms with E-state index in [-0.39, 0.29) is 0 Å². The zero-order valence-corrected chi connectivity index (χ0v) is 10.8. The Bertz CT molecular complexity index is 436. The Balaban J connectivity index is 2.07. The first-order chi connectivity index (χ1) is 8.55. The number of rotatable bonds is 3. The highest BCUT2D eigenvalue weighted by atomic mass is 16.5. The van der Waals surface area contributed by atoms with Crippen molar-refractivity contribution in [2.24, 2.45) is 5.41 Å². The molecule has 1 saturated heterocycles. The summed E-state index contributed by atoms with van der Waals surface area (Å²) in [6.45, 7) is 3.38. The summed E-state index contributed by atoms with van der Waals surface area (Å²) in [4.78, 5) is 13.4. The van der Waals surface area contributed by atoms with Gasteiger partial charge in [0.25, 0.3) is 0 Å². The van der Waals surface area contributed by atoms with E-state index in [9.17, 15) is 9.90 Å². The van der Waals surface area contributed by atoms with Crippen LogP contribution >= 0.6 is 0 Å². The summed E-state index contributed by atoms with van der Waals surface area (Å²) >= 11 is 0. The van der Waals surface area contributed by atoms with Gasteiger partial charge in [0, 0.05) is 24.8 Å². The van der Waals surface area contributed by atoms with E-state index in [2.05, 4.69) is 4.90 Å². The molecule has 1 N–H and O–H groups in total. The monoisotopic (exact) mass is 249 g/mol. The molecular weight excluding hydrogens is 230 g/mol. The second-order valence-corrected chi connectivity index (χ2v) is 5.05. The first-order valence-electron chi connectivity index (χ1n) is 6.17. The first-order valence-corrected chi connectivity index (χ1v) is 6.17. The van der Waals surface area contributed by atoms with Crippen molar-refractivity contribution in [3.05, 3.63) is 24.3 Å². The fourth-order valence-corrected chi connectivity index (χ4v) is 2.28. The van der Waals surface area contributed by atoms with Crippen LogP contribution in [0.4, 0.5) is 5.69 Å². The van der Waals surface area contributed by atoms with Gasteiger partial charge in [-0.2, -0.15) is 0 Å². The van der Waals surface area contributed by atoms with Gasteiger partial charge < -0.3 is 14.7 Å². The van der Waals surface area contributed by atoms with Crippen molar-refractivity contribution >= 4 is 11.7 Å². The minimum atomic E-state index is -0.687. The standard InChI is InChI=1S/C14H19NO3/c1-14(13(16)17)6-8-15(9-7-14)11-4-3-5-12(10-11)18-2/h3-5,10H,6-9H2,1-2H3,(H,16,17). The van der Waals surface area contributed by atoms with Gasteiger partial charge in [-0.05, 0) is 31.9 Å². The van der Waals surface area contributed by atoms with E-state index in [4.69, 9.17) is 4.74 Å². The van der Waals surface area contributed by atoms with Crippen molar-refractivity contribution in [3.63, 3.8) is 0 Å². The summed E-state index contributed by atoms with van der Waals surface area (Å²) in [5, 5.41) is 9.20. The number of carboxylic acid groups (broad SMARTS) is 1. The Morgan fingerprint density at radius 2 is 2.06 bits per heavy atom. The molecule has 0 saturated carbocycles. The molecule has 0 amide bonds. The number of piperidine rings is 1. The van der Waals surface area contributed by atoms with Crippen LogP contribution in [0, 0.1) is 5.41 Å². The Morgan fingerprint density at radius 1 is 1.39 bits per heavy atom. The van der Waals surface area contributed by atoms with E-state index < -0.39 is 11.4 Å². The van der Waals surface area contributed by atoms with Crippen LogP contribution < -0.4 is 9.64 Å². The summed E-state index contributed by atoms with van der Waals surface area (Å²) in [5.74, 6) is 0.145. The number of ether oxygens (including phenoxy) is 1. The second-order valence-electron chi connectivity index (χ2n) is 5.05. The smallest absolute Gasteiger partial charge is 0.309 e. The molecule has 1 aliphatic rings. The number of benzene rings is 1. The van der Waals surface area contributed by atoms with E-state index in [0.717, 1.165) is 24.5 Å². The number of anilines is 1. The lowest BCUT2D eigenvalue weighted by molar-refractivity contribution is -0.149. The average Bonchev–Trinajstić information content (AvgIpc) is 2.39. The third-order valence-corrected chi connectivity index (χ3v) is 3.80. The fourth-order valence-electron chi connectivity index (χ4n) is 2.28. The maximum absolute atomic E-state index is 11.2. The van der Waals surface area contributed by atoms with Gasteiger partial charge in [0.15, 0.2) is 0 Å². The van der Waals surface area contributed by atoms with Crippen molar-refractivity contribution in [2.75, 3.05) is 25.1 Å². The Labute approximate surface area is 107 Å². The first kappa shape index (κ1) is 12.7. The third kappa shape index (κ3) is 2.42. The van der Waals surface area contributed by atoms with Crippen LogP contribution in [0.5, 0.6) is 5.75 Å². The Morgan fingerprint density at radius 3 is 2.61 bits per heavy atom. The second kappa shape index (κ2) is 4.88. The molecule has 1 aromatic rings. The maximum atomic E-state index is 11.2. The van der Waals surface area contributed by atoms with Crippen LogP contribution in [-0.2, 0) is 4.79 Å². The average molecular weight is 249 g/mol. The summed E-state index contributed by atoms with van der Waals surface area (Å²) < 4.78 is 5.20. The lowest BCUT2D eigenvalue weighted by Gasteiger charge is -2.37. The van der Waals surface area contributed by atoms with Crippen LogP contribution in [-0.4, -0.2) is 31.3 Å². The molecule has 0 aromatic heterocycles. The topological polar surface area (TPSA) is 49.8 Å². The quantitative estimate of drug-likeness (QED) is 0.893. The number of carboxylic acids is 1. The van der Waals surface area contributed by atoms with Crippen molar-refractivity contribution < 1.29 is 14.6 Å². The van der Waals surface area contributed by atoms with Crippen LogP contribution in [0.2, 0.25) is 0 Å². The van der Waals surface area contributed by atoms with Gasteiger partial charge in [0.05, 0.1) is 12.5 Å². The molecule has 0 spiro atoms. The summed E-state index contributed by atoms with van der Waals surface area (Å²) in [6, 6.07) is 7.89. The lowest BCUT2D eigenvalue weighted by atomic mass is 9.80. The molecule has 4 nitrogen and oxygen atoms in total. The number of aliphatic carboxylic acids is 1. The van der Waals surface area contributed by atoms with E-state index in [1.165, 1.54) is 0 Å². The maximum Gasteiger partial charge on any atom is 0.309 e. The molecule has 1 fully saturated rings. The number of methoxy groups -OCH3 is 1. The van der Waals surface area contributed by atoms with Crippen LogP contribution in [0.15, 0.2) is 24.3 Å². The van der Waals surface area contributed by atoms with E-state index >= 15 is 0 Å². The molecule has 0 radical (unpaired) electrons. The van der Waals surface area contributed by atoms with Gasteiger partial charge in [-0.1, -0.05) is 6.07 Å². The van der Waals surface area contributed by atoms with Crippen molar-refractivity contribution in [1.29, 1.82) is 0 Å². The minimum Gasteiger partial charge on any atom is -0.497 e. The molecule has 98 valence electrons. The van der Waals surface area contributed by atoms with Crippen LogP contribution in [0.25, 0.3) is 0 Å². The third-order valence-electron chi connectivity index (χ3n) is 3.80. The zero-order chi connectivity index (χ0) is 13.2. The molecule has 0 atom stereocenters. The van der Waals surface area contributed by atoms with E-state index in [1.807, 2.05) is 31.2 Å². The lowest BCUT2D eigenvalue weighted by Crippen LogP contribution is -2.42. The molecule has 0 unspecified atom stereocenters. The van der Waals surface area contributed by atoms with Crippen molar-refractivity contribution in [1.82, 2.24) is 0 Å². The molecule has 1 aromatic carbocycles. The largest absolute Gasteiger partial charge is 0.497 e. The molecule has 18 heavy (non-hydrogen) atoms. The van der Waals surface area contributed by atoms with Crippen LogP contribution in [0.3, 0.4) is 0 Å². The number of nitrogens with zero attached hydrogens (tertiary/aromatic N) is 1. The molecule has 4 heteroatoms. The molecular formula is C14H19NO3. The van der Waals surface area contributed by atoms with Gasteiger partial charge in [-0.3, -0.25) is 4.79 Å². The zero-order valence-electron chi connectivity index (χ0n) is 10.8. The highest BCUT2D eigenvalue weighted by Crippen LogP contribution is 2.33. The normalized spacial score (nSPS) is 18.4. The summed E-state index contributed by atoms with van der Waals surface area (Å²) in [6.07, 6.45) is 1.36. The van der Waals surface area contributed by atoms with Gasteiger partial charge in [0.1, 0.15) is 5.75 Å². The number of hydrogen-bond acceptors (Lipinski definition) is 3. The van der Waals surface area contributed by atoms with E-state index in [0.29, 0.717) is 12.8 Å². The van der Waals surface area contributed by atoms with Crippen molar-refractivity contribution in [2.45, 2.75) is 19.8 Å². The summed E-state index contributed by atoms with van der Waals surface area (Å²) in [5.41, 5.74) is 0.525. The van der Waals surface area contributed by atoms with Gasteiger partial charge in [0.2, 0.25) is 0 Å². The predicted octanol–water partition coefficient (Wildman–Crippen LogP) is 2.39. The highest BCUT2D eigenvalue weighted by molar-refractivity contribution is 5.74. The SMILES string of the molecule is COc1cccc(N2CCC(C)(C(=O)O)CC2)c1. The number of carbonyl (C=O) groups is 1. The van der Waals surface area contributed by atoms with Crippen molar-refractivity contribution in [3.8, 4) is 5.75 Å². The molecule has 0 aliphatic carbocycles. The molecule has 0 bridgehead atoms. The van der Waals surface area contributed by atoms with Crippen LogP contribution in [0.1, 0.15) is 19.8 Å². The molecule has 1 heterocycles. The highest BCUT2D eigenvalue weighted by Gasteiger charge is 2.36. The van der Waals surface area contributed by atoms with E-state index in [1.54, 1.807) is 7.11 Å². The Hall–Kier alpha value is -1.71. The van der Waals surface area contributed by atoms with Gasteiger partial charge in [-0.25, -0.2) is 0 Å². The number of hydrogen-bond donors (Lipinski definition) is 1. The summed E-state index contributed by atoms with van der Waals surface area (Å²) in [7, 11) is 1.65. The predicted molar refractivity (Wildman–Crippen MR) is 70.2 cm³/mol. The fraction of sp³-hybridized carbons (Fsp3) is 0.500. The van der Waals surface area contributed by atoms with Gasteiger partial charge in [-0.15, -0.1) is 0 Å². The van der Waals surface area contributed by atoms with Gasteiger partial charge >= 0.3 is 5.97 Å². The molecule has 2 rings (SSSR count). The Kier molecular flexibility index (Phi) is 3.45. The minimum absolute atomic E-state index is 0.574. The molecule has 1 aliphatic heterocycles.